The van der Waals surface area contributed by atoms with Crippen LogP contribution in [0.3, 0.4) is 0 Å². The minimum Gasteiger partial charge on any atom is -0.269 e. The third kappa shape index (κ3) is 5.85. The van der Waals surface area contributed by atoms with E-state index in [2.05, 4.69) is 0 Å². The highest BCUT2D eigenvalue weighted by Gasteiger charge is 2.31. The fourth-order valence-electron chi connectivity index (χ4n) is 1.73. The van der Waals surface area contributed by atoms with Crippen molar-refractivity contribution in [1.29, 1.82) is 0 Å². The van der Waals surface area contributed by atoms with E-state index in [1.807, 2.05) is 0 Å². The number of hydrogen-bond acceptors (Lipinski definition) is 6. The molecule has 2 unspecified atom stereocenters. The molecule has 0 heterocycles. The normalized spacial score (nSPS) is 27.9. The lowest BCUT2D eigenvalue weighted by molar-refractivity contribution is 0.0235. The summed E-state index contributed by atoms with van der Waals surface area (Å²) < 4.78 is 42.9. The van der Waals surface area contributed by atoms with Crippen molar-refractivity contribution in [3.05, 3.63) is 0 Å². The highest BCUT2D eigenvalue weighted by Crippen LogP contribution is 2.25. The Morgan fingerprint density at radius 1 is 0.889 bits per heavy atom. The van der Waals surface area contributed by atoms with Crippen LogP contribution < -0.4 is 0 Å². The maximum Gasteiger partial charge on any atom is 0.304 e. The Hall–Kier alpha value is 0.140. The molecule has 1 saturated carbocycles. The highest BCUT2D eigenvalue weighted by atomic mass is 32.2. The molecule has 0 radical (unpaired) electrons. The summed E-state index contributed by atoms with van der Waals surface area (Å²) in [7, 11) is 0. The summed E-state index contributed by atoms with van der Waals surface area (Å²) in [6.45, 7) is 4.10. The van der Waals surface area contributed by atoms with E-state index in [9.17, 15) is 8.42 Å². The first-order valence-corrected chi connectivity index (χ1v) is 8.11. The molecule has 0 aromatic heterocycles. The third-order valence-corrected chi connectivity index (χ3v) is 4.14. The molecule has 4 atom stereocenters. The minimum absolute atomic E-state index is 0.315. The molecule has 18 heavy (non-hydrogen) atoms. The van der Waals surface area contributed by atoms with Gasteiger partial charge < -0.3 is 0 Å². The molecule has 108 valence electrons. The first-order chi connectivity index (χ1) is 8.67. The van der Waals surface area contributed by atoms with Crippen molar-refractivity contribution in [2.45, 2.75) is 51.7 Å². The Morgan fingerprint density at radius 2 is 1.28 bits per heavy atom. The fraction of sp³-hybridized carbons (Fsp3) is 1.00. The molecule has 8 heteroatoms. The molecule has 6 nitrogen and oxygen atoms in total. The maximum absolute atomic E-state index is 11.4. The van der Waals surface area contributed by atoms with Gasteiger partial charge in [0.1, 0.15) is 12.2 Å². The summed E-state index contributed by atoms with van der Waals surface area (Å²) in [6.07, 6.45) is 2.63. The van der Waals surface area contributed by atoms with Gasteiger partial charge in [-0.15, -0.1) is 0 Å². The van der Waals surface area contributed by atoms with E-state index in [0.717, 1.165) is 12.8 Å². The smallest absolute Gasteiger partial charge is 0.269 e. The summed E-state index contributed by atoms with van der Waals surface area (Å²) in [6, 6.07) is 0. The molecule has 0 aliphatic heterocycles. The minimum atomic E-state index is -1.78. The van der Waals surface area contributed by atoms with Gasteiger partial charge >= 0.3 is 22.7 Å². The third-order valence-electron chi connectivity index (χ3n) is 2.47. The van der Waals surface area contributed by atoms with Gasteiger partial charge in [0.25, 0.3) is 0 Å². The van der Waals surface area contributed by atoms with Gasteiger partial charge in [-0.1, -0.05) is 12.8 Å². The molecule has 1 fully saturated rings. The van der Waals surface area contributed by atoms with E-state index in [0.29, 0.717) is 26.1 Å². The number of hydrogen-bond donors (Lipinski definition) is 0. The predicted molar refractivity (Wildman–Crippen MR) is 67.8 cm³/mol. The molecule has 1 rings (SSSR count). The van der Waals surface area contributed by atoms with Crippen LogP contribution in [0, 0.1) is 0 Å². The SMILES string of the molecule is CCOS(=O)O[C@H]1CCCC[C@H]1OS(=O)OCC. The van der Waals surface area contributed by atoms with Crippen molar-refractivity contribution >= 4 is 22.7 Å². The second kappa shape index (κ2) is 9.11. The van der Waals surface area contributed by atoms with Gasteiger partial charge in [-0.2, -0.15) is 8.42 Å². The molecule has 0 amide bonds. The Labute approximate surface area is 113 Å². The zero-order valence-electron chi connectivity index (χ0n) is 10.7. The molecule has 1 aliphatic rings. The Bertz CT molecular complexity index is 258. The van der Waals surface area contributed by atoms with E-state index >= 15 is 0 Å². The van der Waals surface area contributed by atoms with Crippen LogP contribution in [0.4, 0.5) is 0 Å². The van der Waals surface area contributed by atoms with Crippen molar-refractivity contribution in [3.8, 4) is 0 Å². The Kier molecular flexibility index (Phi) is 8.20. The second-order valence-electron chi connectivity index (χ2n) is 3.78. The Balaban J connectivity index is 2.46. The van der Waals surface area contributed by atoms with E-state index in [4.69, 9.17) is 16.7 Å². The summed E-state index contributed by atoms with van der Waals surface area (Å²) in [5.74, 6) is 0. The van der Waals surface area contributed by atoms with Crippen molar-refractivity contribution in [2.75, 3.05) is 13.2 Å². The van der Waals surface area contributed by atoms with Crippen LogP contribution in [-0.2, 0) is 39.5 Å². The highest BCUT2D eigenvalue weighted by molar-refractivity contribution is 7.75. The van der Waals surface area contributed by atoms with Gasteiger partial charge in [-0.3, -0.25) is 16.7 Å². The van der Waals surface area contributed by atoms with Gasteiger partial charge in [-0.25, -0.2) is 0 Å². The summed E-state index contributed by atoms with van der Waals surface area (Å²) in [5, 5.41) is 0. The molecule has 1 aliphatic carbocycles. The van der Waals surface area contributed by atoms with Crippen LogP contribution in [-0.4, -0.2) is 33.8 Å². The summed E-state index contributed by atoms with van der Waals surface area (Å²) >= 11 is -3.55. The zero-order valence-corrected chi connectivity index (χ0v) is 12.3. The molecule has 0 bridgehead atoms. The average Bonchev–Trinajstić information content (AvgIpc) is 2.32. The molecule has 0 spiro atoms. The Morgan fingerprint density at radius 3 is 1.61 bits per heavy atom. The second-order valence-corrected chi connectivity index (χ2v) is 5.45. The lowest BCUT2D eigenvalue weighted by Gasteiger charge is -2.28. The predicted octanol–water partition coefficient (Wildman–Crippen LogP) is 1.56. The van der Waals surface area contributed by atoms with E-state index in [-0.39, 0.29) is 12.2 Å². The van der Waals surface area contributed by atoms with Crippen LogP contribution >= 0.6 is 0 Å². The van der Waals surface area contributed by atoms with E-state index in [1.165, 1.54) is 0 Å². The fourth-order valence-corrected chi connectivity index (χ4v) is 3.07. The van der Waals surface area contributed by atoms with Crippen LogP contribution in [0.2, 0.25) is 0 Å². The van der Waals surface area contributed by atoms with Crippen LogP contribution in [0.1, 0.15) is 39.5 Å². The van der Waals surface area contributed by atoms with Crippen molar-refractivity contribution in [1.82, 2.24) is 0 Å². The quantitative estimate of drug-likeness (QED) is 0.677. The largest absolute Gasteiger partial charge is 0.304 e. The summed E-state index contributed by atoms with van der Waals surface area (Å²) in [5.41, 5.74) is 0. The van der Waals surface area contributed by atoms with Crippen molar-refractivity contribution in [2.24, 2.45) is 0 Å². The molecule has 0 N–H and O–H groups in total. The lowest BCUT2D eigenvalue weighted by Crippen LogP contribution is -2.36. The molecular formula is C10H20O6S2. The van der Waals surface area contributed by atoms with Crippen LogP contribution in [0.5, 0.6) is 0 Å². The maximum atomic E-state index is 11.4. The molecular weight excluding hydrogens is 280 g/mol. The molecule has 0 aromatic rings. The van der Waals surface area contributed by atoms with Gasteiger partial charge in [0.2, 0.25) is 0 Å². The molecule has 0 aromatic carbocycles. The van der Waals surface area contributed by atoms with Crippen LogP contribution in [0.15, 0.2) is 0 Å². The molecule has 0 saturated heterocycles. The monoisotopic (exact) mass is 300 g/mol. The zero-order chi connectivity index (χ0) is 13.4. The lowest BCUT2D eigenvalue weighted by atomic mass is 9.95. The summed E-state index contributed by atoms with van der Waals surface area (Å²) in [4.78, 5) is 0. The van der Waals surface area contributed by atoms with E-state index < -0.39 is 22.7 Å². The van der Waals surface area contributed by atoms with Gasteiger partial charge in [-0.05, 0) is 26.7 Å². The first-order valence-electron chi connectivity index (χ1n) is 6.11. The standard InChI is InChI=1S/C10H20O6S2/c1-3-13-17(11)15-9-7-5-6-8-10(9)16-18(12)14-4-2/h9-10H,3-8H2,1-2H3/t9-,10+,17?,18?. The van der Waals surface area contributed by atoms with E-state index in [1.54, 1.807) is 13.8 Å². The van der Waals surface area contributed by atoms with Gasteiger partial charge in [0, 0.05) is 0 Å². The van der Waals surface area contributed by atoms with Crippen molar-refractivity contribution < 1.29 is 25.2 Å². The number of rotatable bonds is 8. The van der Waals surface area contributed by atoms with Gasteiger partial charge in [0.15, 0.2) is 0 Å². The van der Waals surface area contributed by atoms with Crippen molar-refractivity contribution in [3.63, 3.8) is 0 Å². The topological polar surface area (TPSA) is 71.1 Å². The average molecular weight is 300 g/mol. The first kappa shape index (κ1) is 16.2. The van der Waals surface area contributed by atoms with Crippen LogP contribution in [0.25, 0.3) is 0 Å². The van der Waals surface area contributed by atoms with Gasteiger partial charge in [0.05, 0.1) is 13.2 Å².